The molecule has 1 aliphatic rings. The van der Waals surface area contributed by atoms with E-state index in [0.717, 1.165) is 29.1 Å². The van der Waals surface area contributed by atoms with Crippen molar-refractivity contribution in [3.05, 3.63) is 59.2 Å². The first kappa shape index (κ1) is 21.8. The van der Waals surface area contributed by atoms with Gasteiger partial charge >= 0.3 is 6.03 Å². The zero-order chi connectivity index (χ0) is 21.9. The van der Waals surface area contributed by atoms with E-state index in [1.54, 1.807) is 36.4 Å². The number of carbonyl (C=O) groups is 2. The number of likely N-dealkylation sites (N-methyl/N-ethyl adjacent to an activating group) is 1. The van der Waals surface area contributed by atoms with E-state index >= 15 is 0 Å². The van der Waals surface area contributed by atoms with Gasteiger partial charge in [0.15, 0.2) is 0 Å². The Hall–Kier alpha value is -2.90. The van der Waals surface area contributed by atoms with Gasteiger partial charge in [-0.1, -0.05) is 38.1 Å². The van der Waals surface area contributed by atoms with Crippen LogP contribution in [0.3, 0.4) is 0 Å². The van der Waals surface area contributed by atoms with Crippen molar-refractivity contribution in [2.24, 2.45) is 0 Å². The summed E-state index contributed by atoms with van der Waals surface area (Å²) in [5.74, 6) is -0.629. The molecule has 1 atom stereocenters. The molecule has 0 bridgehead atoms. The van der Waals surface area contributed by atoms with E-state index in [0.29, 0.717) is 30.0 Å². The summed E-state index contributed by atoms with van der Waals surface area (Å²) < 4.78 is 0. The number of carbonyl (C=O) groups excluding carboxylic acids is 2. The molecule has 0 spiro atoms. The number of aliphatic hydroxyl groups is 1. The Bertz CT molecular complexity index is 942. The van der Waals surface area contributed by atoms with Crippen LogP contribution < -0.4 is 15.5 Å². The number of amides is 3. The second-order valence-corrected chi connectivity index (χ2v) is 7.53. The third-order valence-electron chi connectivity index (χ3n) is 5.74. The van der Waals surface area contributed by atoms with E-state index in [-0.39, 0.29) is 0 Å². The first-order valence-corrected chi connectivity index (χ1v) is 10.3. The minimum atomic E-state index is -2.16. The average Bonchev–Trinajstić information content (AvgIpc) is 2.73. The lowest BCUT2D eigenvalue weighted by atomic mass is 9.94. The molecule has 0 unspecified atom stereocenters. The van der Waals surface area contributed by atoms with Gasteiger partial charge in [-0.05, 0) is 56.3 Å². The second kappa shape index (κ2) is 8.85. The lowest BCUT2D eigenvalue weighted by Crippen LogP contribution is -2.63. The van der Waals surface area contributed by atoms with Gasteiger partial charge in [0.05, 0.1) is 5.69 Å². The first-order valence-electron chi connectivity index (χ1n) is 10.3. The van der Waals surface area contributed by atoms with Crippen molar-refractivity contribution in [3.63, 3.8) is 0 Å². The molecule has 3 amide bonds. The number of nitrogens with zero attached hydrogens (tertiary/aromatic N) is 2. The van der Waals surface area contributed by atoms with Gasteiger partial charge in [0.25, 0.3) is 11.6 Å². The molecule has 3 N–H and O–H groups in total. The summed E-state index contributed by atoms with van der Waals surface area (Å²) in [5.41, 5.74) is 1.06. The van der Waals surface area contributed by atoms with E-state index in [2.05, 4.69) is 29.4 Å². The van der Waals surface area contributed by atoms with E-state index in [1.165, 1.54) is 0 Å². The molecular weight excluding hydrogens is 380 g/mol. The molecule has 160 valence electrons. The van der Waals surface area contributed by atoms with Gasteiger partial charge in [0.1, 0.15) is 0 Å². The molecule has 2 aromatic rings. The number of nitrogens with one attached hydrogen (secondary N) is 2. The zero-order valence-corrected chi connectivity index (χ0v) is 18.0. The molecule has 0 radical (unpaired) electrons. The maximum absolute atomic E-state index is 13.3. The van der Waals surface area contributed by atoms with Crippen LogP contribution in [0.1, 0.15) is 30.5 Å². The van der Waals surface area contributed by atoms with Crippen LogP contribution in [0.2, 0.25) is 0 Å². The van der Waals surface area contributed by atoms with Gasteiger partial charge in [-0.2, -0.15) is 0 Å². The lowest BCUT2D eigenvalue weighted by Gasteiger charge is -2.42. The van der Waals surface area contributed by atoms with Crippen molar-refractivity contribution >= 4 is 23.3 Å². The second-order valence-electron chi connectivity index (χ2n) is 7.53. The van der Waals surface area contributed by atoms with Crippen LogP contribution >= 0.6 is 0 Å². The summed E-state index contributed by atoms with van der Waals surface area (Å²) >= 11 is 0. The number of rotatable bonds is 7. The van der Waals surface area contributed by atoms with Crippen LogP contribution in [0.5, 0.6) is 0 Å². The molecule has 3 rings (SSSR count). The molecule has 7 nitrogen and oxygen atoms in total. The number of anilines is 2. The summed E-state index contributed by atoms with van der Waals surface area (Å²) in [6.07, 6.45) is 0. The monoisotopic (exact) mass is 410 g/mol. The maximum atomic E-state index is 13.3. The summed E-state index contributed by atoms with van der Waals surface area (Å²) in [6.45, 7) is 10.8. The fraction of sp³-hybridized carbons (Fsp3) is 0.391. The first-order chi connectivity index (χ1) is 14.3. The van der Waals surface area contributed by atoms with Gasteiger partial charge in [-0.25, -0.2) is 4.79 Å². The number of hydrogen-bond acceptors (Lipinski definition) is 4. The molecule has 0 saturated carbocycles. The van der Waals surface area contributed by atoms with Crippen molar-refractivity contribution in [3.8, 4) is 0 Å². The zero-order valence-electron chi connectivity index (χ0n) is 18.0. The van der Waals surface area contributed by atoms with Crippen molar-refractivity contribution in [2.45, 2.75) is 33.4 Å². The molecule has 1 heterocycles. The van der Waals surface area contributed by atoms with Crippen LogP contribution in [-0.2, 0) is 10.5 Å². The summed E-state index contributed by atoms with van der Waals surface area (Å²) in [4.78, 5) is 29.6. The SMILES string of the molecule is CCN(CC)CCNC(=O)[C@@]1(O)c2ccccc2NC(=O)N1c1ccc(C)c(C)c1. The Labute approximate surface area is 177 Å². The van der Waals surface area contributed by atoms with Gasteiger partial charge in [-0.3, -0.25) is 9.69 Å². The molecule has 0 aromatic heterocycles. The van der Waals surface area contributed by atoms with Crippen LogP contribution in [0.15, 0.2) is 42.5 Å². The molecule has 1 aliphatic heterocycles. The van der Waals surface area contributed by atoms with Gasteiger partial charge in [0, 0.05) is 24.3 Å². The Kier molecular flexibility index (Phi) is 6.43. The standard InChI is InChI=1S/C23H30N4O3/c1-5-26(6-2)14-13-24-21(28)23(30)19-9-7-8-10-20(19)25-22(29)27(23)18-12-11-16(3)17(4)15-18/h7-12,15,30H,5-6,13-14H2,1-4H3,(H,24,28)(H,25,29)/t23-/m0/s1. The number of fused-ring (bicyclic) bond motifs is 1. The minimum Gasteiger partial charge on any atom is -0.359 e. The molecule has 30 heavy (non-hydrogen) atoms. The van der Waals surface area contributed by atoms with Crippen LogP contribution in [0, 0.1) is 13.8 Å². The summed E-state index contributed by atoms with van der Waals surface area (Å²) in [6, 6.07) is 11.7. The van der Waals surface area contributed by atoms with E-state index in [9.17, 15) is 14.7 Å². The highest BCUT2D eigenvalue weighted by Gasteiger charge is 2.51. The van der Waals surface area contributed by atoms with Crippen molar-refractivity contribution in [2.75, 3.05) is 36.4 Å². The number of aryl methyl sites for hydroxylation is 2. The average molecular weight is 411 g/mol. The van der Waals surface area contributed by atoms with Crippen molar-refractivity contribution in [1.29, 1.82) is 0 Å². The highest BCUT2D eigenvalue weighted by Crippen LogP contribution is 2.40. The Morgan fingerprint density at radius 1 is 1.13 bits per heavy atom. The number of hydrogen-bond donors (Lipinski definition) is 3. The van der Waals surface area contributed by atoms with Crippen LogP contribution in [-0.4, -0.2) is 48.1 Å². The molecule has 0 saturated heterocycles. The molecule has 2 aromatic carbocycles. The predicted octanol–water partition coefficient (Wildman–Crippen LogP) is 2.96. The van der Waals surface area contributed by atoms with Gasteiger partial charge < -0.3 is 20.6 Å². The fourth-order valence-electron chi connectivity index (χ4n) is 3.72. The van der Waals surface area contributed by atoms with Crippen molar-refractivity contribution in [1.82, 2.24) is 10.2 Å². The van der Waals surface area contributed by atoms with Crippen LogP contribution in [0.4, 0.5) is 16.2 Å². The molecule has 0 aliphatic carbocycles. The van der Waals surface area contributed by atoms with Crippen LogP contribution in [0.25, 0.3) is 0 Å². The summed E-state index contributed by atoms with van der Waals surface area (Å²) in [5, 5.41) is 17.4. The Morgan fingerprint density at radius 2 is 1.83 bits per heavy atom. The van der Waals surface area contributed by atoms with Gasteiger partial charge in [-0.15, -0.1) is 0 Å². The third kappa shape index (κ3) is 3.91. The molecule has 0 fully saturated rings. The molecular formula is C23H30N4O3. The predicted molar refractivity (Wildman–Crippen MR) is 119 cm³/mol. The summed E-state index contributed by atoms with van der Waals surface area (Å²) in [7, 11) is 0. The number of para-hydroxylation sites is 1. The lowest BCUT2D eigenvalue weighted by molar-refractivity contribution is -0.140. The largest absolute Gasteiger partial charge is 0.359 e. The Morgan fingerprint density at radius 3 is 2.50 bits per heavy atom. The normalized spacial score (nSPS) is 18.2. The van der Waals surface area contributed by atoms with Gasteiger partial charge in [0.2, 0.25) is 0 Å². The topological polar surface area (TPSA) is 84.9 Å². The highest BCUT2D eigenvalue weighted by molar-refractivity contribution is 6.11. The third-order valence-corrected chi connectivity index (χ3v) is 5.74. The fourth-order valence-corrected chi connectivity index (χ4v) is 3.72. The molecule has 7 heteroatoms. The quantitative estimate of drug-likeness (QED) is 0.655. The smallest absolute Gasteiger partial charge is 0.329 e. The van der Waals surface area contributed by atoms with E-state index in [1.807, 2.05) is 19.9 Å². The number of urea groups is 1. The van der Waals surface area contributed by atoms with Crippen molar-refractivity contribution < 1.29 is 14.7 Å². The number of benzene rings is 2. The maximum Gasteiger partial charge on any atom is 0.329 e. The van der Waals surface area contributed by atoms with E-state index < -0.39 is 17.7 Å². The highest BCUT2D eigenvalue weighted by atomic mass is 16.3. The van der Waals surface area contributed by atoms with E-state index in [4.69, 9.17) is 0 Å². The Balaban J connectivity index is 2.01. The minimum absolute atomic E-state index is 0.336.